The maximum absolute atomic E-state index is 10.9. The first kappa shape index (κ1) is 15.3. The van der Waals surface area contributed by atoms with E-state index >= 15 is 0 Å². The molecule has 1 aliphatic heterocycles. The molecule has 0 amide bonds. The van der Waals surface area contributed by atoms with E-state index in [1.807, 2.05) is 13.8 Å². The summed E-state index contributed by atoms with van der Waals surface area (Å²) in [5.41, 5.74) is 5.84. The van der Waals surface area contributed by atoms with E-state index in [-0.39, 0.29) is 5.92 Å². The molecule has 7 heteroatoms. The van der Waals surface area contributed by atoms with Crippen molar-refractivity contribution in [3.63, 3.8) is 0 Å². The van der Waals surface area contributed by atoms with E-state index in [0.717, 1.165) is 0 Å². The van der Waals surface area contributed by atoms with Gasteiger partial charge in [0.2, 0.25) is 0 Å². The van der Waals surface area contributed by atoms with Gasteiger partial charge >= 0.3 is 5.97 Å². The summed E-state index contributed by atoms with van der Waals surface area (Å²) < 4.78 is 5.12. The summed E-state index contributed by atoms with van der Waals surface area (Å²) in [5.74, 6) is -1.15. The summed E-state index contributed by atoms with van der Waals surface area (Å²) in [6.07, 6.45) is -6.72. The highest BCUT2D eigenvalue weighted by atomic mass is 16.6. The van der Waals surface area contributed by atoms with E-state index in [1.54, 1.807) is 0 Å². The summed E-state index contributed by atoms with van der Waals surface area (Å²) in [5, 5.41) is 37.8. The van der Waals surface area contributed by atoms with Crippen LogP contribution in [0.2, 0.25) is 0 Å². The van der Waals surface area contributed by atoms with Gasteiger partial charge in [-0.15, -0.1) is 0 Å². The smallest absolute Gasteiger partial charge is 0.335 e. The number of aliphatic hydroxyl groups excluding tert-OH is 3. The number of aliphatic carboxylic acids is 1. The topological polar surface area (TPSA) is 133 Å². The number of aliphatic hydroxyl groups is 3. The van der Waals surface area contributed by atoms with E-state index in [1.165, 1.54) is 0 Å². The first-order chi connectivity index (χ1) is 8.25. The second-order valence-corrected chi connectivity index (χ2v) is 5.12. The quantitative estimate of drug-likeness (QED) is 0.408. The Kier molecular flexibility index (Phi) is 5.06. The fraction of sp³-hybridized carbons (Fsp3) is 0.909. The lowest BCUT2D eigenvalue weighted by atomic mass is 9.88. The minimum atomic E-state index is -1.67. The van der Waals surface area contributed by atoms with Crippen LogP contribution < -0.4 is 5.73 Å². The average Bonchev–Trinajstić information content (AvgIpc) is 2.24. The summed E-state index contributed by atoms with van der Waals surface area (Å²) in [6, 6.07) is -0.607. The number of ether oxygens (including phenoxy) is 1. The molecule has 0 aliphatic carbocycles. The highest BCUT2D eigenvalue weighted by Gasteiger charge is 2.48. The Hall–Kier alpha value is -0.730. The third-order valence-corrected chi connectivity index (χ3v) is 3.06. The molecule has 0 spiro atoms. The van der Waals surface area contributed by atoms with Crippen molar-refractivity contribution < 1.29 is 30.0 Å². The van der Waals surface area contributed by atoms with Crippen molar-refractivity contribution in [2.45, 2.75) is 56.8 Å². The second kappa shape index (κ2) is 5.94. The second-order valence-electron chi connectivity index (χ2n) is 5.12. The van der Waals surface area contributed by atoms with Gasteiger partial charge in [-0.25, -0.2) is 4.79 Å². The van der Waals surface area contributed by atoms with E-state index in [0.29, 0.717) is 6.42 Å². The first-order valence-electron chi connectivity index (χ1n) is 5.93. The lowest BCUT2D eigenvalue weighted by Gasteiger charge is -2.41. The Morgan fingerprint density at radius 1 is 1.22 bits per heavy atom. The predicted molar refractivity (Wildman–Crippen MR) is 61.7 cm³/mol. The molecule has 1 aliphatic rings. The molecule has 0 unspecified atom stereocenters. The zero-order valence-corrected chi connectivity index (χ0v) is 10.4. The summed E-state index contributed by atoms with van der Waals surface area (Å²) in [4.78, 5) is 10.9. The summed E-state index contributed by atoms with van der Waals surface area (Å²) in [7, 11) is 0. The first-order valence-corrected chi connectivity index (χ1v) is 5.93. The van der Waals surface area contributed by atoms with Crippen molar-refractivity contribution in [2.75, 3.05) is 0 Å². The van der Waals surface area contributed by atoms with Crippen LogP contribution in [-0.2, 0) is 9.53 Å². The molecule has 0 aromatic carbocycles. The fourth-order valence-electron chi connectivity index (χ4n) is 2.14. The average molecular weight is 263 g/mol. The highest BCUT2D eigenvalue weighted by molar-refractivity contribution is 5.73. The lowest BCUT2D eigenvalue weighted by molar-refractivity contribution is -0.231. The zero-order chi connectivity index (χ0) is 14.0. The molecule has 1 rings (SSSR count). The number of carboxylic acid groups (broad SMARTS) is 1. The molecule has 6 atom stereocenters. The van der Waals surface area contributed by atoms with Crippen LogP contribution in [-0.4, -0.2) is 63.0 Å². The van der Waals surface area contributed by atoms with Crippen LogP contribution in [0.15, 0.2) is 0 Å². The Labute approximate surface area is 105 Å². The van der Waals surface area contributed by atoms with E-state index in [9.17, 15) is 20.1 Å². The Bertz CT molecular complexity index is 297. The van der Waals surface area contributed by atoms with Gasteiger partial charge in [0.05, 0.1) is 0 Å². The van der Waals surface area contributed by atoms with Gasteiger partial charge in [0.1, 0.15) is 24.4 Å². The molecule has 0 saturated carbocycles. The van der Waals surface area contributed by atoms with Gasteiger partial charge in [0, 0.05) is 6.04 Å². The molecule has 0 aromatic rings. The molecule has 1 fully saturated rings. The van der Waals surface area contributed by atoms with Gasteiger partial charge in [0.25, 0.3) is 0 Å². The monoisotopic (exact) mass is 263 g/mol. The molecule has 106 valence electrons. The Morgan fingerprint density at radius 2 is 1.78 bits per heavy atom. The maximum Gasteiger partial charge on any atom is 0.335 e. The zero-order valence-electron chi connectivity index (χ0n) is 10.4. The Balaban J connectivity index is 2.81. The van der Waals surface area contributed by atoms with Gasteiger partial charge in [-0.05, 0) is 12.3 Å². The van der Waals surface area contributed by atoms with E-state index in [4.69, 9.17) is 15.6 Å². The molecule has 7 nitrogen and oxygen atoms in total. The lowest BCUT2D eigenvalue weighted by Crippen LogP contribution is -2.63. The van der Waals surface area contributed by atoms with Crippen molar-refractivity contribution >= 4 is 5.97 Å². The van der Waals surface area contributed by atoms with Crippen LogP contribution in [0, 0.1) is 5.92 Å². The standard InChI is InChI=1S/C11H21NO6/c1-4(2)3-5(12)9-7(14)6(13)8(15)10(18-9)11(16)17/h4-10,13-15H,3,12H2,1-2H3,(H,16,17)/t5-,6+,7+,8-,9-,10-/m0/s1. The molecule has 0 aromatic heterocycles. The van der Waals surface area contributed by atoms with Crippen LogP contribution >= 0.6 is 0 Å². The van der Waals surface area contributed by atoms with Crippen LogP contribution in [0.5, 0.6) is 0 Å². The SMILES string of the molecule is CC(C)C[C@H](N)[C@@H]1O[C@H](C(=O)O)[C@@H](O)[C@H](O)[C@H]1O. The van der Waals surface area contributed by atoms with E-state index in [2.05, 4.69) is 0 Å². The maximum atomic E-state index is 10.9. The van der Waals surface area contributed by atoms with Crippen LogP contribution in [0.1, 0.15) is 20.3 Å². The minimum Gasteiger partial charge on any atom is -0.479 e. The third kappa shape index (κ3) is 3.18. The molecule has 0 bridgehead atoms. The summed E-state index contributed by atoms with van der Waals surface area (Å²) in [6.45, 7) is 3.85. The fourth-order valence-corrected chi connectivity index (χ4v) is 2.14. The van der Waals surface area contributed by atoms with Crippen molar-refractivity contribution in [3.8, 4) is 0 Å². The minimum absolute atomic E-state index is 0.239. The van der Waals surface area contributed by atoms with Gasteiger partial charge in [-0.1, -0.05) is 13.8 Å². The molecular formula is C11H21NO6. The van der Waals surface area contributed by atoms with Gasteiger partial charge in [0.15, 0.2) is 6.10 Å². The number of carbonyl (C=O) groups is 1. The van der Waals surface area contributed by atoms with Gasteiger partial charge < -0.3 is 30.9 Å². The number of nitrogens with two attached hydrogens (primary N) is 1. The number of carboxylic acids is 1. The predicted octanol–water partition coefficient (Wildman–Crippen LogP) is -1.71. The Morgan fingerprint density at radius 3 is 2.22 bits per heavy atom. The number of hydrogen-bond donors (Lipinski definition) is 5. The molecule has 1 heterocycles. The molecule has 1 saturated heterocycles. The largest absolute Gasteiger partial charge is 0.479 e. The third-order valence-electron chi connectivity index (χ3n) is 3.06. The normalized spacial score (nSPS) is 38.7. The van der Waals surface area contributed by atoms with Crippen LogP contribution in [0.4, 0.5) is 0 Å². The molecule has 0 radical (unpaired) electrons. The molecule has 18 heavy (non-hydrogen) atoms. The number of hydrogen-bond acceptors (Lipinski definition) is 6. The van der Waals surface area contributed by atoms with Crippen molar-refractivity contribution in [3.05, 3.63) is 0 Å². The van der Waals surface area contributed by atoms with Crippen LogP contribution in [0.25, 0.3) is 0 Å². The summed E-state index contributed by atoms with van der Waals surface area (Å²) >= 11 is 0. The highest BCUT2D eigenvalue weighted by Crippen LogP contribution is 2.25. The molecular weight excluding hydrogens is 242 g/mol. The van der Waals surface area contributed by atoms with Crippen molar-refractivity contribution in [1.82, 2.24) is 0 Å². The van der Waals surface area contributed by atoms with Crippen LogP contribution in [0.3, 0.4) is 0 Å². The van der Waals surface area contributed by atoms with Crippen molar-refractivity contribution in [2.24, 2.45) is 11.7 Å². The number of rotatable bonds is 4. The van der Waals surface area contributed by atoms with Gasteiger partial charge in [-0.2, -0.15) is 0 Å². The van der Waals surface area contributed by atoms with E-state index < -0.39 is 42.5 Å². The van der Waals surface area contributed by atoms with Gasteiger partial charge in [-0.3, -0.25) is 0 Å². The van der Waals surface area contributed by atoms with Crippen molar-refractivity contribution in [1.29, 1.82) is 0 Å². The molecule has 6 N–H and O–H groups in total.